The fraction of sp³-hybridized carbons (Fsp3) is 0.364. The molecule has 0 unspecified atom stereocenters. The Morgan fingerprint density at radius 3 is 2.79 bits per heavy atom. The summed E-state index contributed by atoms with van der Waals surface area (Å²) in [5.74, 6) is 0.724. The number of aryl methyl sites for hydroxylation is 1. The zero-order chi connectivity index (χ0) is 10.6. The van der Waals surface area contributed by atoms with E-state index in [1.165, 1.54) is 0 Å². The summed E-state index contributed by atoms with van der Waals surface area (Å²) >= 11 is 2.19. The van der Waals surface area contributed by atoms with E-state index in [-0.39, 0.29) is 0 Å². The number of halogens is 1. The van der Waals surface area contributed by atoms with Crippen molar-refractivity contribution >= 4 is 28.9 Å². The number of hydrogen-bond donors (Lipinski definition) is 0. The zero-order valence-electron chi connectivity index (χ0n) is 8.34. The molecule has 0 saturated carbocycles. The number of rotatable bonds is 4. The maximum Gasteiger partial charge on any atom is 0.153 e. The van der Waals surface area contributed by atoms with Crippen molar-refractivity contribution in [3.8, 4) is 5.75 Å². The van der Waals surface area contributed by atoms with Gasteiger partial charge in [0.25, 0.3) is 0 Å². The number of ether oxygens (including phenoxy) is 1. The normalized spacial score (nSPS) is 9.93. The number of hydrogen-bond acceptors (Lipinski definition) is 2. The van der Waals surface area contributed by atoms with Crippen LogP contribution in [0.5, 0.6) is 5.75 Å². The van der Waals surface area contributed by atoms with E-state index in [9.17, 15) is 4.79 Å². The van der Waals surface area contributed by atoms with E-state index in [0.29, 0.717) is 12.2 Å². The molecule has 1 rings (SSSR count). The van der Waals surface area contributed by atoms with Crippen molar-refractivity contribution in [2.75, 3.05) is 6.61 Å². The predicted octanol–water partition coefficient (Wildman–Crippen LogP) is 3.20. The average molecular weight is 304 g/mol. The lowest BCUT2D eigenvalue weighted by Gasteiger charge is -2.10. The van der Waals surface area contributed by atoms with Gasteiger partial charge in [-0.15, -0.1) is 0 Å². The Morgan fingerprint density at radius 2 is 2.21 bits per heavy atom. The largest absolute Gasteiger partial charge is 0.493 e. The van der Waals surface area contributed by atoms with E-state index in [1.54, 1.807) is 0 Å². The average Bonchev–Trinajstić information content (AvgIpc) is 2.15. The van der Waals surface area contributed by atoms with Gasteiger partial charge >= 0.3 is 0 Å². The molecule has 0 aliphatic carbocycles. The van der Waals surface area contributed by atoms with Crippen LogP contribution < -0.4 is 4.74 Å². The van der Waals surface area contributed by atoms with E-state index in [2.05, 4.69) is 22.6 Å². The molecule has 0 radical (unpaired) electrons. The SMILES string of the molecule is CCCOc1c(C)cc(I)cc1C=O. The fourth-order valence-electron chi connectivity index (χ4n) is 1.24. The molecule has 0 spiro atoms. The summed E-state index contributed by atoms with van der Waals surface area (Å²) in [6, 6.07) is 3.85. The lowest BCUT2D eigenvalue weighted by Crippen LogP contribution is -2.01. The molecule has 0 amide bonds. The summed E-state index contributed by atoms with van der Waals surface area (Å²) < 4.78 is 6.59. The second kappa shape index (κ2) is 5.34. The highest BCUT2D eigenvalue weighted by molar-refractivity contribution is 14.1. The van der Waals surface area contributed by atoms with Gasteiger partial charge in [0.2, 0.25) is 0 Å². The highest BCUT2D eigenvalue weighted by Crippen LogP contribution is 2.25. The number of benzene rings is 1. The monoisotopic (exact) mass is 304 g/mol. The number of carbonyl (C=O) groups excluding carboxylic acids is 1. The zero-order valence-corrected chi connectivity index (χ0v) is 10.5. The van der Waals surface area contributed by atoms with Crippen LogP contribution in [0.1, 0.15) is 29.3 Å². The van der Waals surface area contributed by atoms with Crippen LogP contribution in [0.15, 0.2) is 12.1 Å². The van der Waals surface area contributed by atoms with Gasteiger partial charge in [0.15, 0.2) is 6.29 Å². The topological polar surface area (TPSA) is 26.3 Å². The third-order valence-corrected chi connectivity index (χ3v) is 2.47. The minimum absolute atomic E-state index is 0.642. The lowest BCUT2D eigenvalue weighted by molar-refractivity contribution is 0.111. The smallest absolute Gasteiger partial charge is 0.153 e. The number of carbonyl (C=O) groups is 1. The molecule has 0 aliphatic heterocycles. The maximum atomic E-state index is 10.8. The Balaban J connectivity index is 3.05. The van der Waals surface area contributed by atoms with Gasteiger partial charge < -0.3 is 4.74 Å². The molecule has 0 heterocycles. The first kappa shape index (κ1) is 11.5. The van der Waals surface area contributed by atoms with Crippen LogP contribution in [0, 0.1) is 10.5 Å². The van der Waals surface area contributed by atoms with Gasteiger partial charge in [-0.1, -0.05) is 6.92 Å². The Labute approximate surface area is 97.8 Å². The Kier molecular flexibility index (Phi) is 4.38. The van der Waals surface area contributed by atoms with Crippen LogP contribution in [0.2, 0.25) is 0 Å². The van der Waals surface area contributed by atoms with Crippen molar-refractivity contribution in [1.29, 1.82) is 0 Å². The highest BCUT2D eigenvalue weighted by Gasteiger charge is 2.07. The Morgan fingerprint density at radius 1 is 1.50 bits per heavy atom. The van der Waals surface area contributed by atoms with Crippen molar-refractivity contribution in [1.82, 2.24) is 0 Å². The minimum Gasteiger partial charge on any atom is -0.493 e. The molecule has 0 N–H and O–H groups in total. The van der Waals surface area contributed by atoms with Crippen molar-refractivity contribution in [3.05, 3.63) is 26.8 Å². The van der Waals surface area contributed by atoms with Gasteiger partial charge in [0.05, 0.1) is 12.2 Å². The first-order valence-electron chi connectivity index (χ1n) is 4.57. The second-order valence-electron chi connectivity index (χ2n) is 3.11. The highest BCUT2D eigenvalue weighted by atomic mass is 127. The quantitative estimate of drug-likeness (QED) is 0.631. The summed E-state index contributed by atoms with van der Waals surface area (Å²) in [5, 5.41) is 0. The number of aldehydes is 1. The molecule has 2 nitrogen and oxygen atoms in total. The molecule has 0 aromatic heterocycles. The van der Waals surface area contributed by atoms with Gasteiger partial charge in [-0.25, -0.2) is 0 Å². The summed E-state index contributed by atoms with van der Waals surface area (Å²) in [5.41, 5.74) is 1.66. The predicted molar refractivity (Wildman–Crippen MR) is 65.1 cm³/mol. The van der Waals surface area contributed by atoms with Crippen LogP contribution >= 0.6 is 22.6 Å². The van der Waals surface area contributed by atoms with E-state index in [1.807, 2.05) is 26.0 Å². The fourth-order valence-corrected chi connectivity index (χ4v) is 2.05. The summed E-state index contributed by atoms with van der Waals surface area (Å²) in [6.07, 6.45) is 1.80. The van der Waals surface area contributed by atoms with Crippen LogP contribution in [-0.2, 0) is 0 Å². The van der Waals surface area contributed by atoms with Crippen LogP contribution in [0.3, 0.4) is 0 Å². The molecular formula is C11H13IO2. The van der Waals surface area contributed by atoms with Crippen molar-refractivity contribution in [2.24, 2.45) is 0 Å². The van der Waals surface area contributed by atoms with E-state index in [0.717, 1.165) is 27.6 Å². The van der Waals surface area contributed by atoms with Crippen LogP contribution in [0.4, 0.5) is 0 Å². The molecule has 0 atom stereocenters. The maximum absolute atomic E-state index is 10.8. The molecule has 0 aliphatic rings. The van der Waals surface area contributed by atoms with Gasteiger partial charge in [0, 0.05) is 3.57 Å². The van der Waals surface area contributed by atoms with E-state index >= 15 is 0 Å². The summed E-state index contributed by atoms with van der Waals surface area (Å²) in [6.45, 7) is 4.66. The van der Waals surface area contributed by atoms with Gasteiger partial charge in [0.1, 0.15) is 5.75 Å². The first-order chi connectivity index (χ1) is 6.69. The van der Waals surface area contributed by atoms with Crippen molar-refractivity contribution in [2.45, 2.75) is 20.3 Å². The standard InChI is InChI=1S/C11H13IO2/c1-3-4-14-11-8(2)5-10(12)6-9(11)7-13/h5-7H,3-4H2,1-2H3. The third-order valence-electron chi connectivity index (χ3n) is 1.85. The van der Waals surface area contributed by atoms with Gasteiger partial charge in [-0.05, 0) is 53.6 Å². The van der Waals surface area contributed by atoms with E-state index in [4.69, 9.17) is 4.74 Å². The van der Waals surface area contributed by atoms with Crippen LogP contribution in [-0.4, -0.2) is 12.9 Å². The first-order valence-corrected chi connectivity index (χ1v) is 5.65. The summed E-state index contributed by atoms with van der Waals surface area (Å²) in [4.78, 5) is 10.8. The molecule has 1 aromatic rings. The molecule has 1 aromatic carbocycles. The lowest BCUT2D eigenvalue weighted by atomic mass is 10.1. The Hall–Kier alpha value is -0.580. The molecule has 0 bridgehead atoms. The van der Waals surface area contributed by atoms with Gasteiger partial charge in [-0.2, -0.15) is 0 Å². The molecule has 0 fully saturated rings. The van der Waals surface area contributed by atoms with Crippen LogP contribution in [0.25, 0.3) is 0 Å². The molecule has 3 heteroatoms. The third kappa shape index (κ3) is 2.70. The van der Waals surface area contributed by atoms with Crippen molar-refractivity contribution in [3.63, 3.8) is 0 Å². The molecular weight excluding hydrogens is 291 g/mol. The minimum atomic E-state index is 0.642. The molecule has 0 saturated heterocycles. The molecule has 76 valence electrons. The van der Waals surface area contributed by atoms with E-state index < -0.39 is 0 Å². The van der Waals surface area contributed by atoms with Crippen molar-refractivity contribution < 1.29 is 9.53 Å². The molecule has 14 heavy (non-hydrogen) atoms. The summed E-state index contributed by atoms with van der Waals surface area (Å²) in [7, 11) is 0. The second-order valence-corrected chi connectivity index (χ2v) is 4.35. The van der Waals surface area contributed by atoms with Gasteiger partial charge in [-0.3, -0.25) is 4.79 Å². The Bertz CT molecular complexity index is 334.